The van der Waals surface area contributed by atoms with Crippen LogP contribution in [0.4, 0.5) is 11.4 Å². The number of anilines is 1. The first kappa shape index (κ1) is 14.9. The monoisotopic (exact) mass is 296 g/mol. The molecule has 0 saturated carbocycles. The van der Waals surface area contributed by atoms with Gasteiger partial charge in [0, 0.05) is 19.7 Å². The molecule has 0 unspecified atom stereocenters. The molecule has 1 heterocycles. The Balaban J connectivity index is 2.27. The summed E-state index contributed by atoms with van der Waals surface area (Å²) < 4.78 is 15.3. The molecule has 0 aliphatic carbocycles. The fourth-order valence-corrected chi connectivity index (χ4v) is 2.00. The van der Waals surface area contributed by atoms with E-state index in [9.17, 15) is 14.9 Å². The predicted molar refractivity (Wildman–Crippen MR) is 74.0 cm³/mol. The molecular weight excluding hydrogens is 280 g/mol. The van der Waals surface area contributed by atoms with Crippen molar-refractivity contribution in [2.45, 2.75) is 6.42 Å². The maximum absolute atomic E-state index is 11.2. The molecule has 1 aliphatic heterocycles. The standard InChI is InChI=1S/C13H16N2O6/c1-14(4-3-13(16)19-2)9-7-11-12(21-6-5-20-11)8-10(9)15(17)18/h7-8H,3-6H2,1-2H3. The number of carbonyl (C=O) groups is 1. The summed E-state index contributed by atoms with van der Waals surface area (Å²) in [6.07, 6.45) is 0.137. The number of methoxy groups -OCH3 is 1. The molecule has 2 rings (SSSR count). The summed E-state index contributed by atoms with van der Waals surface area (Å²) in [5, 5.41) is 11.2. The second kappa shape index (κ2) is 6.29. The van der Waals surface area contributed by atoms with Crippen molar-refractivity contribution in [2.75, 3.05) is 38.8 Å². The van der Waals surface area contributed by atoms with Crippen LogP contribution in [0.1, 0.15) is 6.42 Å². The highest BCUT2D eigenvalue weighted by molar-refractivity contribution is 5.72. The summed E-state index contributed by atoms with van der Waals surface area (Å²) in [5.74, 6) is 0.451. The molecule has 0 radical (unpaired) electrons. The number of esters is 1. The zero-order valence-electron chi connectivity index (χ0n) is 11.8. The van der Waals surface area contributed by atoms with E-state index in [4.69, 9.17) is 9.47 Å². The summed E-state index contributed by atoms with van der Waals surface area (Å²) >= 11 is 0. The zero-order chi connectivity index (χ0) is 15.4. The molecular formula is C13H16N2O6. The molecule has 21 heavy (non-hydrogen) atoms. The maximum Gasteiger partial charge on any atom is 0.307 e. The number of benzene rings is 1. The number of carbonyl (C=O) groups excluding carboxylic acids is 1. The highest BCUT2D eigenvalue weighted by atomic mass is 16.6. The van der Waals surface area contributed by atoms with Crippen LogP contribution < -0.4 is 14.4 Å². The van der Waals surface area contributed by atoms with Crippen LogP contribution in [0.15, 0.2) is 12.1 Å². The third kappa shape index (κ3) is 3.33. The van der Waals surface area contributed by atoms with Gasteiger partial charge < -0.3 is 19.1 Å². The van der Waals surface area contributed by atoms with Crippen LogP contribution >= 0.6 is 0 Å². The molecule has 8 heteroatoms. The molecule has 0 amide bonds. The third-order valence-corrected chi connectivity index (χ3v) is 3.13. The van der Waals surface area contributed by atoms with E-state index in [1.807, 2.05) is 0 Å². The molecule has 0 bridgehead atoms. The Morgan fingerprint density at radius 3 is 2.57 bits per heavy atom. The summed E-state index contributed by atoms with van der Waals surface area (Å²) in [6, 6.07) is 2.91. The van der Waals surface area contributed by atoms with Gasteiger partial charge in [-0.05, 0) is 0 Å². The zero-order valence-corrected chi connectivity index (χ0v) is 11.8. The Hall–Kier alpha value is -2.51. The number of nitrogens with zero attached hydrogens (tertiary/aromatic N) is 2. The highest BCUT2D eigenvalue weighted by Crippen LogP contribution is 2.40. The second-order valence-corrected chi connectivity index (χ2v) is 4.49. The number of fused-ring (bicyclic) bond motifs is 1. The largest absolute Gasteiger partial charge is 0.486 e. The number of hydrogen-bond acceptors (Lipinski definition) is 7. The van der Waals surface area contributed by atoms with Crippen LogP contribution in [0, 0.1) is 10.1 Å². The minimum absolute atomic E-state index is 0.0911. The topological polar surface area (TPSA) is 91.1 Å². The van der Waals surface area contributed by atoms with Crippen molar-refractivity contribution in [3.63, 3.8) is 0 Å². The minimum atomic E-state index is -0.484. The smallest absolute Gasteiger partial charge is 0.307 e. The second-order valence-electron chi connectivity index (χ2n) is 4.49. The van der Waals surface area contributed by atoms with Crippen molar-refractivity contribution in [2.24, 2.45) is 0 Å². The first-order valence-electron chi connectivity index (χ1n) is 6.39. The van der Waals surface area contributed by atoms with Gasteiger partial charge >= 0.3 is 5.97 Å². The van der Waals surface area contributed by atoms with E-state index in [-0.39, 0.29) is 18.1 Å². The summed E-state index contributed by atoms with van der Waals surface area (Å²) in [6.45, 7) is 1.06. The van der Waals surface area contributed by atoms with Gasteiger partial charge in [-0.3, -0.25) is 14.9 Å². The van der Waals surface area contributed by atoms with E-state index < -0.39 is 4.92 Å². The van der Waals surface area contributed by atoms with Gasteiger partial charge in [0.1, 0.15) is 18.9 Å². The Kier molecular flexibility index (Phi) is 4.46. The van der Waals surface area contributed by atoms with E-state index in [1.54, 1.807) is 18.0 Å². The SMILES string of the molecule is COC(=O)CCN(C)c1cc2c(cc1[N+](=O)[O-])OCCO2. The molecule has 114 valence electrons. The van der Waals surface area contributed by atoms with E-state index in [0.717, 1.165) is 0 Å². The van der Waals surface area contributed by atoms with Crippen molar-refractivity contribution >= 4 is 17.3 Å². The first-order chi connectivity index (χ1) is 10.0. The van der Waals surface area contributed by atoms with Gasteiger partial charge in [0.2, 0.25) is 0 Å². The van der Waals surface area contributed by atoms with Gasteiger partial charge in [0.15, 0.2) is 11.5 Å². The van der Waals surface area contributed by atoms with E-state index >= 15 is 0 Å². The van der Waals surface area contributed by atoms with Crippen LogP contribution in [-0.4, -0.2) is 44.8 Å². The maximum atomic E-state index is 11.2. The Morgan fingerprint density at radius 2 is 2.00 bits per heavy atom. The molecule has 1 aliphatic rings. The van der Waals surface area contributed by atoms with Gasteiger partial charge in [0.25, 0.3) is 5.69 Å². The fraction of sp³-hybridized carbons (Fsp3) is 0.462. The lowest BCUT2D eigenvalue weighted by molar-refractivity contribution is -0.384. The number of nitro groups is 1. The lowest BCUT2D eigenvalue weighted by atomic mass is 10.2. The third-order valence-electron chi connectivity index (χ3n) is 3.13. The molecule has 0 atom stereocenters. The molecule has 8 nitrogen and oxygen atoms in total. The molecule has 0 spiro atoms. The predicted octanol–water partition coefficient (Wildman–Crippen LogP) is 1.37. The Morgan fingerprint density at radius 1 is 1.38 bits per heavy atom. The van der Waals surface area contributed by atoms with Crippen LogP contribution in [0.3, 0.4) is 0 Å². The lowest BCUT2D eigenvalue weighted by Gasteiger charge is -2.23. The average molecular weight is 296 g/mol. The van der Waals surface area contributed by atoms with Gasteiger partial charge in [-0.2, -0.15) is 0 Å². The average Bonchev–Trinajstić information content (AvgIpc) is 2.50. The number of ether oxygens (including phenoxy) is 3. The number of rotatable bonds is 5. The molecule has 0 fully saturated rings. The van der Waals surface area contributed by atoms with Crippen molar-refractivity contribution in [3.05, 3.63) is 22.2 Å². The fourth-order valence-electron chi connectivity index (χ4n) is 2.00. The lowest BCUT2D eigenvalue weighted by Crippen LogP contribution is -2.23. The highest BCUT2D eigenvalue weighted by Gasteiger charge is 2.24. The van der Waals surface area contributed by atoms with E-state index in [2.05, 4.69) is 4.74 Å². The minimum Gasteiger partial charge on any atom is -0.486 e. The van der Waals surface area contributed by atoms with Gasteiger partial charge in [-0.1, -0.05) is 0 Å². The van der Waals surface area contributed by atoms with Crippen LogP contribution in [-0.2, 0) is 9.53 Å². The van der Waals surface area contributed by atoms with E-state index in [1.165, 1.54) is 13.2 Å². The number of nitro benzene ring substituents is 1. The molecule has 0 aromatic heterocycles. The van der Waals surface area contributed by atoms with Crippen molar-refractivity contribution in [3.8, 4) is 11.5 Å². The molecule has 0 saturated heterocycles. The summed E-state index contributed by atoms with van der Waals surface area (Å²) in [5.41, 5.74) is 0.278. The molecule has 1 aromatic carbocycles. The van der Waals surface area contributed by atoms with Crippen molar-refractivity contribution in [1.82, 2.24) is 0 Å². The Bertz CT molecular complexity index is 560. The van der Waals surface area contributed by atoms with Crippen molar-refractivity contribution < 1.29 is 23.9 Å². The van der Waals surface area contributed by atoms with Gasteiger partial charge in [-0.15, -0.1) is 0 Å². The quantitative estimate of drug-likeness (QED) is 0.460. The number of hydrogen-bond donors (Lipinski definition) is 0. The normalized spacial score (nSPS) is 12.7. The van der Waals surface area contributed by atoms with Gasteiger partial charge in [0.05, 0.1) is 24.5 Å². The van der Waals surface area contributed by atoms with Crippen LogP contribution in [0.25, 0.3) is 0 Å². The summed E-state index contributed by atoms with van der Waals surface area (Å²) in [4.78, 5) is 23.5. The molecule has 1 aromatic rings. The van der Waals surface area contributed by atoms with Crippen LogP contribution in [0.2, 0.25) is 0 Å². The molecule has 0 N–H and O–H groups in total. The Labute approximate surface area is 121 Å². The van der Waals surface area contributed by atoms with Crippen LogP contribution in [0.5, 0.6) is 11.5 Å². The van der Waals surface area contributed by atoms with Crippen molar-refractivity contribution in [1.29, 1.82) is 0 Å². The first-order valence-corrected chi connectivity index (χ1v) is 6.39. The van der Waals surface area contributed by atoms with Gasteiger partial charge in [-0.25, -0.2) is 0 Å². The van der Waals surface area contributed by atoms with E-state index in [0.29, 0.717) is 36.9 Å². The summed E-state index contributed by atoms with van der Waals surface area (Å²) in [7, 11) is 2.97.